The average Bonchev–Trinajstić information content (AvgIpc) is 3.10. The van der Waals surface area contributed by atoms with Crippen LogP contribution in [-0.2, 0) is 4.74 Å². The Morgan fingerprint density at radius 2 is 1.96 bits per heavy atom. The van der Waals surface area contributed by atoms with Crippen molar-refractivity contribution >= 4 is 39.1 Å². The number of nitrogens with zero attached hydrogens (tertiary/aromatic N) is 2. The molecule has 0 atom stereocenters. The van der Waals surface area contributed by atoms with E-state index in [0.29, 0.717) is 16.3 Å². The first-order valence-electron chi connectivity index (χ1n) is 8.50. The first-order valence-corrected chi connectivity index (χ1v) is 9.38. The molecule has 0 unspecified atom stereocenters. The van der Waals surface area contributed by atoms with Crippen LogP contribution in [-0.4, -0.2) is 28.0 Å². The fraction of sp³-hybridized carbons (Fsp3) is 0.263. The van der Waals surface area contributed by atoms with Crippen molar-refractivity contribution in [1.29, 1.82) is 0 Å². The van der Waals surface area contributed by atoms with Crippen molar-refractivity contribution in [3.63, 3.8) is 0 Å². The number of thiazole rings is 1. The molecular formula is C19H19N3O4S. The van der Waals surface area contributed by atoms with E-state index < -0.39 is 11.9 Å². The summed E-state index contributed by atoms with van der Waals surface area (Å²) in [4.78, 5) is 41.3. The number of fused-ring (bicyclic) bond motifs is 1. The van der Waals surface area contributed by atoms with E-state index in [4.69, 9.17) is 4.74 Å². The Morgan fingerprint density at radius 1 is 1.26 bits per heavy atom. The van der Waals surface area contributed by atoms with Gasteiger partial charge in [-0.3, -0.25) is 14.9 Å². The summed E-state index contributed by atoms with van der Waals surface area (Å²) in [5.74, 6) is -0.932. The lowest BCUT2D eigenvalue weighted by atomic mass is 10.1. The number of aromatic nitrogens is 2. The van der Waals surface area contributed by atoms with Gasteiger partial charge in [0.15, 0.2) is 10.8 Å². The maximum Gasteiger partial charge on any atom is 0.357 e. The monoisotopic (exact) mass is 385 g/mol. The van der Waals surface area contributed by atoms with E-state index in [9.17, 15) is 14.4 Å². The number of amides is 1. The van der Waals surface area contributed by atoms with Gasteiger partial charge in [0.2, 0.25) is 0 Å². The highest BCUT2D eigenvalue weighted by molar-refractivity contribution is 7.14. The van der Waals surface area contributed by atoms with Crippen molar-refractivity contribution in [1.82, 2.24) is 9.55 Å². The van der Waals surface area contributed by atoms with Crippen LogP contribution in [0.15, 0.2) is 40.6 Å². The molecule has 0 aliphatic heterocycles. The Morgan fingerprint density at radius 3 is 2.63 bits per heavy atom. The van der Waals surface area contributed by atoms with Crippen LogP contribution in [0.4, 0.5) is 5.13 Å². The number of benzene rings is 1. The largest absolute Gasteiger partial charge is 0.461 e. The molecule has 140 valence electrons. The second-order valence-electron chi connectivity index (χ2n) is 6.11. The molecule has 0 spiro atoms. The minimum Gasteiger partial charge on any atom is -0.461 e. The van der Waals surface area contributed by atoms with Gasteiger partial charge in [-0.05, 0) is 26.8 Å². The lowest BCUT2D eigenvalue weighted by Gasteiger charge is -2.14. The highest BCUT2D eigenvalue weighted by atomic mass is 32.1. The fourth-order valence-electron chi connectivity index (χ4n) is 2.67. The van der Waals surface area contributed by atoms with Crippen LogP contribution >= 0.6 is 11.3 Å². The third kappa shape index (κ3) is 3.75. The van der Waals surface area contributed by atoms with Crippen molar-refractivity contribution in [2.45, 2.75) is 26.8 Å². The summed E-state index contributed by atoms with van der Waals surface area (Å²) >= 11 is 1.13. The van der Waals surface area contributed by atoms with Crippen LogP contribution in [0.3, 0.4) is 0 Å². The summed E-state index contributed by atoms with van der Waals surface area (Å²) < 4.78 is 6.43. The fourth-order valence-corrected chi connectivity index (χ4v) is 3.34. The van der Waals surface area contributed by atoms with Gasteiger partial charge in [-0.25, -0.2) is 9.78 Å². The van der Waals surface area contributed by atoms with Gasteiger partial charge in [-0.1, -0.05) is 18.2 Å². The molecule has 2 heterocycles. The number of carbonyl (C=O) groups is 2. The topological polar surface area (TPSA) is 90.3 Å². The van der Waals surface area contributed by atoms with Gasteiger partial charge in [0.1, 0.15) is 0 Å². The number of ether oxygens (including phenoxy) is 1. The number of carbonyl (C=O) groups excluding carboxylic acids is 2. The van der Waals surface area contributed by atoms with Gasteiger partial charge in [0.25, 0.3) is 11.5 Å². The molecule has 0 fully saturated rings. The van der Waals surface area contributed by atoms with E-state index in [1.807, 2.05) is 13.8 Å². The van der Waals surface area contributed by atoms with Crippen LogP contribution in [0.25, 0.3) is 10.8 Å². The number of pyridine rings is 1. The van der Waals surface area contributed by atoms with E-state index in [2.05, 4.69) is 10.3 Å². The SMILES string of the molecule is CCOC(=O)c1csc(NC(=O)c2cn(C(C)C)c(=O)c3ccccc23)n1. The summed E-state index contributed by atoms with van der Waals surface area (Å²) in [5, 5.41) is 5.56. The lowest BCUT2D eigenvalue weighted by molar-refractivity contribution is 0.0520. The average molecular weight is 385 g/mol. The molecule has 3 rings (SSSR count). The van der Waals surface area contributed by atoms with Crippen LogP contribution in [0.5, 0.6) is 0 Å². The third-order valence-corrected chi connectivity index (χ3v) is 4.72. The Kier molecular flexibility index (Phi) is 5.36. The normalized spacial score (nSPS) is 11.0. The van der Waals surface area contributed by atoms with Crippen molar-refractivity contribution in [2.75, 3.05) is 11.9 Å². The molecule has 2 aromatic heterocycles. The molecule has 3 aromatic rings. The highest BCUT2D eigenvalue weighted by Crippen LogP contribution is 2.21. The highest BCUT2D eigenvalue weighted by Gasteiger charge is 2.18. The van der Waals surface area contributed by atoms with Crippen LogP contribution < -0.4 is 10.9 Å². The van der Waals surface area contributed by atoms with E-state index in [0.717, 1.165) is 11.3 Å². The molecule has 7 nitrogen and oxygen atoms in total. The molecule has 1 N–H and O–H groups in total. The van der Waals surface area contributed by atoms with Gasteiger partial charge in [-0.2, -0.15) is 0 Å². The van der Waals surface area contributed by atoms with Crippen LogP contribution in [0.2, 0.25) is 0 Å². The van der Waals surface area contributed by atoms with Gasteiger partial charge in [0.05, 0.1) is 12.2 Å². The van der Waals surface area contributed by atoms with Gasteiger partial charge in [0, 0.05) is 28.4 Å². The summed E-state index contributed by atoms with van der Waals surface area (Å²) in [5.41, 5.74) is 0.372. The van der Waals surface area contributed by atoms with Crippen LogP contribution in [0.1, 0.15) is 47.7 Å². The number of anilines is 1. The maximum atomic E-state index is 12.8. The molecular weight excluding hydrogens is 366 g/mol. The standard InChI is InChI=1S/C19H19N3O4S/c1-4-26-18(25)15-10-27-19(20-15)21-16(23)14-9-22(11(2)3)17(24)13-8-6-5-7-12(13)14/h5-11H,4H2,1-3H3,(H,20,21,23). The zero-order chi connectivity index (χ0) is 19.6. The zero-order valence-corrected chi connectivity index (χ0v) is 16.0. The summed E-state index contributed by atoms with van der Waals surface area (Å²) in [6.45, 7) is 5.72. The summed E-state index contributed by atoms with van der Waals surface area (Å²) in [7, 11) is 0. The number of esters is 1. The summed E-state index contributed by atoms with van der Waals surface area (Å²) in [6, 6.07) is 6.89. The Balaban J connectivity index is 1.98. The Labute approximate surface area is 159 Å². The van der Waals surface area contributed by atoms with E-state index >= 15 is 0 Å². The first kappa shape index (κ1) is 18.8. The minimum atomic E-state index is -0.534. The van der Waals surface area contributed by atoms with Crippen molar-refractivity contribution in [2.24, 2.45) is 0 Å². The predicted molar refractivity (Wildman–Crippen MR) is 105 cm³/mol. The predicted octanol–water partition coefficient (Wildman–Crippen LogP) is 3.47. The molecule has 27 heavy (non-hydrogen) atoms. The van der Waals surface area contributed by atoms with E-state index in [1.54, 1.807) is 37.4 Å². The molecule has 0 saturated carbocycles. The van der Waals surface area contributed by atoms with Gasteiger partial charge < -0.3 is 9.30 Å². The molecule has 0 aliphatic rings. The second-order valence-corrected chi connectivity index (χ2v) is 6.97. The minimum absolute atomic E-state index is 0.0936. The Bertz CT molecular complexity index is 1070. The Hall–Kier alpha value is -3.00. The molecule has 0 saturated heterocycles. The third-order valence-electron chi connectivity index (χ3n) is 3.96. The van der Waals surface area contributed by atoms with Crippen molar-refractivity contribution in [3.8, 4) is 0 Å². The molecule has 8 heteroatoms. The molecule has 0 bridgehead atoms. The van der Waals surface area contributed by atoms with Gasteiger partial charge >= 0.3 is 5.97 Å². The van der Waals surface area contributed by atoms with E-state index in [1.165, 1.54) is 9.95 Å². The number of hydrogen-bond acceptors (Lipinski definition) is 6. The number of rotatable bonds is 5. The maximum absolute atomic E-state index is 12.8. The smallest absolute Gasteiger partial charge is 0.357 e. The molecule has 1 aromatic carbocycles. The lowest BCUT2D eigenvalue weighted by Crippen LogP contribution is -2.25. The quantitative estimate of drug-likeness (QED) is 0.679. The number of hydrogen-bond donors (Lipinski definition) is 1. The second kappa shape index (κ2) is 7.71. The number of nitrogens with one attached hydrogen (secondary N) is 1. The first-order chi connectivity index (χ1) is 12.9. The van der Waals surface area contributed by atoms with Crippen molar-refractivity contribution < 1.29 is 14.3 Å². The molecule has 0 radical (unpaired) electrons. The summed E-state index contributed by atoms with van der Waals surface area (Å²) in [6.07, 6.45) is 1.56. The zero-order valence-electron chi connectivity index (χ0n) is 15.2. The van der Waals surface area contributed by atoms with Gasteiger partial charge in [-0.15, -0.1) is 11.3 Å². The van der Waals surface area contributed by atoms with Crippen molar-refractivity contribution in [3.05, 3.63) is 57.5 Å². The van der Waals surface area contributed by atoms with E-state index in [-0.39, 0.29) is 29.0 Å². The van der Waals surface area contributed by atoms with Crippen LogP contribution in [0, 0.1) is 0 Å². The molecule has 1 amide bonds. The molecule has 0 aliphatic carbocycles.